The van der Waals surface area contributed by atoms with E-state index in [0.29, 0.717) is 10.8 Å². The first-order valence-corrected chi connectivity index (χ1v) is 3.91. The Morgan fingerprint density at radius 3 is 3.00 bits per heavy atom. The molecule has 2 rings (SSSR count). The number of aromatic hydroxyl groups is 1. The van der Waals surface area contributed by atoms with E-state index >= 15 is 0 Å². The van der Waals surface area contributed by atoms with Crippen molar-refractivity contribution in [2.75, 3.05) is 11.9 Å². The van der Waals surface area contributed by atoms with E-state index in [1.807, 2.05) is 0 Å². The molecule has 1 aliphatic rings. The first-order valence-electron chi connectivity index (χ1n) is 3.53. The maximum absolute atomic E-state index is 9.36. The van der Waals surface area contributed by atoms with Crippen LogP contribution < -0.4 is 5.32 Å². The number of hydrogen-bond acceptors (Lipinski definition) is 2. The molecule has 1 aliphatic heterocycles. The quantitative estimate of drug-likeness (QED) is 0.623. The largest absolute Gasteiger partial charge is 0.508 e. The molecular formula is C8H8ClNO. The summed E-state index contributed by atoms with van der Waals surface area (Å²) in [6, 6.07) is 3.34. The van der Waals surface area contributed by atoms with Crippen molar-refractivity contribution in [1.29, 1.82) is 0 Å². The summed E-state index contributed by atoms with van der Waals surface area (Å²) in [5.41, 5.74) is 1.84. The second-order valence-corrected chi connectivity index (χ2v) is 3.00. The van der Waals surface area contributed by atoms with E-state index in [1.54, 1.807) is 12.1 Å². The number of rotatable bonds is 0. The minimum absolute atomic E-state index is 0.342. The topological polar surface area (TPSA) is 32.3 Å². The molecule has 58 valence electrons. The standard InChI is InChI=1S/C8H8ClNO/c9-6-1-2-7(11)5-3-4-10-8(5)6/h1-2,10-11H,3-4H2. The zero-order valence-electron chi connectivity index (χ0n) is 5.89. The van der Waals surface area contributed by atoms with Gasteiger partial charge in [0.1, 0.15) is 5.75 Å². The fraction of sp³-hybridized carbons (Fsp3) is 0.250. The third kappa shape index (κ3) is 0.942. The van der Waals surface area contributed by atoms with Gasteiger partial charge in [-0.15, -0.1) is 0 Å². The van der Waals surface area contributed by atoms with E-state index in [2.05, 4.69) is 5.32 Å². The van der Waals surface area contributed by atoms with Crippen LogP contribution in [0.1, 0.15) is 5.56 Å². The molecule has 0 saturated heterocycles. The Labute approximate surface area is 69.8 Å². The summed E-state index contributed by atoms with van der Waals surface area (Å²) in [7, 11) is 0. The monoisotopic (exact) mass is 169 g/mol. The fourth-order valence-electron chi connectivity index (χ4n) is 1.36. The highest BCUT2D eigenvalue weighted by molar-refractivity contribution is 6.33. The first-order chi connectivity index (χ1) is 5.29. The summed E-state index contributed by atoms with van der Waals surface area (Å²) >= 11 is 5.87. The number of anilines is 1. The molecule has 0 spiro atoms. The molecule has 3 heteroatoms. The summed E-state index contributed by atoms with van der Waals surface area (Å²) in [4.78, 5) is 0. The van der Waals surface area contributed by atoms with Gasteiger partial charge in [-0.25, -0.2) is 0 Å². The van der Waals surface area contributed by atoms with E-state index in [4.69, 9.17) is 11.6 Å². The third-order valence-electron chi connectivity index (χ3n) is 1.91. The highest BCUT2D eigenvalue weighted by Gasteiger charge is 2.16. The normalized spacial score (nSPS) is 14.3. The van der Waals surface area contributed by atoms with Crippen LogP contribution in [-0.2, 0) is 6.42 Å². The molecule has 11 heavy (non-hydrogen) atoms. The van der Waals surface area contributed by atoms with Gasteiger partial charge in [-0.3, -0.25) is 0 Å². The van der Waals surface area contributed by atoms with Crippen LogP contribution in [0.15, 0.2) is 12.1 Å². The summed E-state index contributed by atoms with van der Waals surface area (Å²) in [5, 5.41) is 13.2. The fourth-order valence-corrected chi connectivity index (χ4v) is 1.61. The molecule has 2 nitrogen and oxygen atoms in total. The van der Waals surface area contributed by atoms with Crippen molar-refractivity contribution in [2.24, 2.45) is 0 Å². The van der Waals surface area contributed by atoms with Gasteiger partial charge in [0.2, 0.25) is 0 Å². The van der Waals surface area contributed by atoms with Crippen LogP contribution in [-0.4, -0.2) is 11.7 Å². The van der Waals surface area contributed by atoms with E-state index < -0.39 is 0 Å². The molecule has 1 aromatic rings. The van der Waals surface area contributed by atoms with Gasteiger partial charge in [0, 0.05) is 12.1 Å². The van der Waals surface area contributed by atoms with Gasteiger partial charge >= 0.3 is 0 Å². The van der Waals surface area contributed by atoms with Gasteiger partial charge in [-0.05, 0) is 18.6 Å². The molecule has 0 atom stereocenters. The molecule has 0 saturated carbocycles. The average Bonchev–Trinajstić information content (AvgIpc) is 2.45. The van der Waals surface area contributed by atoms with Crippen LogP contribution in [0.2, 0.25) is 5.02 Å². The Kier molecular flexibility index (Phi) is 1.43. The van der Waals surface area contributed by atoms with Crippen molar-refractivity contribution in [3.63, 3.8) is 0 Å². The minimum Gasteiger partial charge on any atom is -0.508 e. The minimum atomic E-state index is 0.342. The number of nitrogens with one attached hydrogen (secondary N) is 1. The van der Waals surface area contributed by atoms with Crippen LogP contribution in [0.3, 0.4) is 0 Å². The number of hydrogen-bond donors (Lipinski definition) is 2. The molecule has 0 radical (unpaired) electrons. The molecule has 1 heterocycles. The van der Waals surface area contributed by atoms with Gasteiger partial charge in [-0.2, -0.15) is 0 Å². The maximum atomic E-state index is 9.36. The van der Waals surface area contributed by atoms with Crippen molar-refractivity contribution in [3.8, 4) is 5.75 Å². The maximum Gasteiger partial charge on any atom is 0.121 e. The summed E-state index contributed by atoms with van der Waals surface area (Å²) in [6.07, 6.45) is 0.863. The second kappa shape index (κ2) is 2.31. The molecule has 0 fully saturated rings. The highest BCUT2D eigenvalue weighted by atomic mass is 35.5. The summed E-state index contributed by atoms with van der Waals surface area (Å²) in [6.45, 7) is 0.868. The van der Waals surface area contributed by atoms with Crippen LogP contribution >= 0.6 is 11.6 Å². The van der Waals surface area contributed by atoms with Crippen LogP contribution in [0.25, 0.3) is 0 Å². The Morgan fingerprint density at radius 2 is 2.27 bits per heavy atom. The van der Waals surface area contributed by atoms with Crippen molar-refractivity contribution in [2.45, 2.75) is 6.42 Å². The predicted octanol–water partition coefficient (Wildman–Crippen LogP) is 2.01. The summed E-state index contributed by atoms with van der Waals surface area (Å²) in [5.74, 6) is 0.342. The number of fused-ring (bicyclic) bond motifs is 1. The Hall–Kier alpha value is -0.890. The lowest BCUT2D eigenvalue weighted by molar-refractivity contribution is 0.470. The number of phenols is 1. The molecule has 2 N–H and O–H groups in total. The lowest BCUT2D eigenvalue weighted by Gasteiger charge is -2.03. The average molecular weight is 170 g/mol. The molecule has 0 unspecified atom stereocenters. The lowest BCUT2D eigenvalue weighted by Crippen LogP contribution is -1.91. The summed E-state index contributed by atoms with van der Waals surface area (Å²) < 4.78 is 0. The van der Waals surface area contributed by atoms with E-state index in [-0.39, 0.29) is 0 Å². The number of halogens is 1. The first kappa shape index (κ1) is 6.80. The zero-order valence-corrected chi connectivity index (χ0v) is 6.65. The van der Waals surface area contributed by atoms with Gasteiger partial charge in [-0.1, -0.05) is 11.6 Å². The molecule has 0 aromatic heterocycles. The zero-order chi connectivity index (χ0) is 7.84. The van der Waals surface area contributed by atoms with Crippen molar-refractivity contribution in [1.82, 2.24) is 0 Å². The smallest absolute Gasteiger partial charge is 0.121 e. The third-order valence-corrected chi connectivity index (χ3v) is 2.23. The van der Waals surface area contributed by atoms with E-state index in [0.717, 1.165) is 24.2 Å². The van der Waals surface area contributed by atoms with E-state index in [1.165, 1.54) is 0 Å². The van der Waals surface area contributed by atoms with Crippen molar-refractivity contribution < 1.29 is 5.11 Å². The van der Waals surface area contributed by atoms with Crippen LogP contribution in [0.5, 0.6) is 5.75 Å². The molecule has 0 aliphatic carbocycles. The molecular weight excluding hydrogens is 162 g/mol. The van der Waals surface area contributed by atoms with Gasteiger partial charge in [0.05, 0.1) is 10.7 Å². The number of phenolic OH excluding ortho intramolecular Hbond substituents is 1. The van der Waals surface area contributed by atoms with Crippen LogP contribution in [0.4, 0.5) is 5.69 Å². The Balaban J connectivity index is 2.64. The van der Waals surface area contributed by atoms with Gasteiger partial charge in [0.25, 0.3) is 0 Å². The predicted molar refractivity (Wildman–Crippen MR) is 45.3 cm³/mol. The number of benzene rings is 1. The second-order valence-electron chi connectivity index (χ2n) is 2.60. The lowest BCUT2D eigenvalue weighted by atomic mass is 10.1. The highest BCUT2D eigenvalue weighted by Crippen LogP contribution is 2.36. The van der Waals surface area contributed by atoms with E-state index in [9.17, 15) is 5.11 Å². The van der Waals surface area contributed by atoms with Crippen molar-refractivity contribution in [3.05, 3.63) is 22.7 Å². The molecule has 0 bridgehead atoms. The Morgan fingerprint density at radius 1 is 1.45 bits per heavy atom. The molecule has 0 amide bonds. The SMILES string of the molecule is Oc1ccc(Cl)c2c1CCN2. The molecule has 1 aromatic carbocycles. The Bertz CT molecular complexity index is 269. The van der Waals surface area contributed by atoms with Crippen LogP contribution in [0, 0.1) is 0 Å². The van der Waals surface area contributed by atoms with Crippen molar-refractivity contribution >= 4 is 17.3 Å². The van der Waals surface area contributed by atoms with Gasteiger partial charge < -0.3 is 10.4 Å². The van der Waals surface area contributed by atoms with Gasteiger partial charge in [0.15, 0.2) is 0 Å².